The Hall–Kier alpha value is -0.853. The van der Waals surface area contributed by atoms with Crippen LogP contribution in [0.3, 0.4) is 0 Å². The Morgan fingerprint density at radius 2 is 2.05 bits per heavy atom. The average Bonchev–Trinajstić information content (AvgIpc) is 2.80. The molecule has 6 heteroatoms. The maximum atomic E-state index is 11.3. The van der Waals surface area contributed by atoms with Gasteiger partial charge in [0.1, 0.15) is 0 Å². The number of carboxylic acid groups (broad SMARTS) is 1. The summed E-state index contributed by atoms with van der Waals surface area (Å²) in [5, 5.41) is 19.5. The summed E-state index contributed by atoms with van der Waals surface area (Å²) >= 11 is 0. The van der Waals surface area contributed by atoms with E-state index < -0.39 is 20.6 Å². The van der Waals surface area contributed by atoms with Crippen LogP contribution in [0.1, 0.15) is 33.6 Å². The van der Waals surface area contributed by atoms with Crippen LogP contribution in [0.4, 0.5) is 0 Å². The monoisotopic (exact) mass is 328 g/mol. The zero-order valence-corrected chi connectivity index (χ0v) is 15.1. The van der Waals surface area contributed by atoms with Crippen molar-refractivity contribution in [2.45, 2.75) is 58.0 Å². The molecule has 2 N–H and O–H groups in total. The summed E-state index contributed by atoms with van der Waals surface area (Å²) in [6.45, 7) is 11.6. The third-order valence-corrected chi connectivity index (χ3v) is 10.1. The molecule has 0 aromatic rings. The predicted octanol–water partition coefficient (Wildman–Crippen LogP) is 2.97. The molecule has 1 aliphatic carbocycles. The van der Waals surface area contributed by atoms with Crippen molar-refractivity contribution >= 4 is 14.3 Å². The van der Waals surface area contributed by atoms with E-state index in [2.05, 4.69) is 33.9 Å². The summed E-state index contributed by atoms with van der Waals surface area (Å²) in [6.07, 6.45) is 1.93. The van der Waals surface area contributed by atoms with E-state index >= 15 is 0 Å². The molecule has 4 atom stereocenters. The number of fused-ring (bicyclic) bond motifs is 1. The van der Waals surface area contributed by atoms with E-state index in [1.807, 2.05) is 0 Å². The highest BCUT2D eigenvalue weighted by Gasteiger charge is 2.48. The van der Waals surface area contributed by atoms with Gasteiger partial charge in [0.25, 0.3) is 0 Å². The van der Waals surface area contributed by atoms with Gasteiger partial charge in [-0.05, 0) is 36.9 Å². The van der Waals surface area contributed by atoms with Gasteiger partial charge in [-0.3, -0.25) is 0 Å². The van der Waals surface area contributed by atoms with Crippen LogP contribution in [0.2, 0.25) is 18.1 Å². The molecular weight excluding hydrogens is 300 g/mol. The highest BCUT2D eigenvalue weighted by atomic mass is 28.4. The van der Waals surface area contributed by atoms with Crippen molar-refractivity contribution in [3.8, 4) is 0 Å². The van der Waals surface area contributed by atoms with Crippen molar-refractivity contribution in [3.63, 3.8) is 0 Å². The molecule has 2 rings (SSSR count). The molecule has 0 bridgehead atoms. The normalized spacial score (nSPS) is 32.2. The van der Waals surface area contributed by atoms with E-state index in [0.717, 1.165) is 12.8 Å². The second-order valence-electron chi connectivity index (χ2n) is 8.00. The van der Waals surface area contributed by atoms with Gasteiger partial charge >= 0.3 is 5.97 Å². The maximum Gasteiger partial charge on any atom is 0.334 e. The minimum atomic E-state index is -1.84. The molecule has 0 radical (unpaired) electrons. The first-order valence-electron chi connectivity index (χ1n) is 7.95. The zero-order chi connectivity index (χ0) is 16.7. The topological polar surface area (TPSA) is 76.0 Å². The first-order chi connectivity index (χ1) is 10.0. The number of aliphatic hydroxyl groups is 1. The molecular formula is C16H28O5Si. The molecule has 22 heavy (non-hydrogen) atoms. The number of carbonyl (C=O) groups is 1. The number of carboxylic acids is 1. The largest absolute Gasteiger partial charge is 0.478 e. The van der Waals surface area contributed by atoms with Gasteiger partial charge in [-0.1, -0.05) is 20.8 Å². The molecule has 0 aromatic heterocycles. The molecule has 2 aliphatic rings. The summed E-state index contributed by atoms with van der Waals surface area (Å²) in [5.74, 6) is -1.11. The standard InChI is InChI=1S/C16H28O5Si/c1-16(2,3)22(4,5)21-8-10-6-7-11-12(14(17)18)9-20-15(19)13(10)11/h9-11,13,15,19H,6-8H2,1-5H3,(H,17,18)/t10?,11?,13-,15?/m1/s1. The minimum Gasteiger partial charge on any atom is -0.478 e. The van der Waals surface area contributed by atoms with Crippen LogP contribution < -0.4 is 0 Å². The van der Waals surface area contributed by atoms with Crippen molar-refractivity contribution in [3.05, 3.63) is 11.8 Å². The fourth-order valence-electron chi connectivity index (χ4n) is 3.16. The Morgan fingerprint density at radius 1 is 1.41 bits per heavy atom. The van der Waals surface area contributed by atoms with Crippen LogP contribution in [0.15, 0.2) is 11.8 Å². The number of hydrogen-bond donors (Lipinski definition) is 2. The van der Waals surface area contributed by atoms with Gasteiger partial charge in [0, 0.05) is 18.4 Å². The number of aliphatic hydroxyl groups excluding tert-OH is 1. The van der Waals surface area contributed by atoms with Crippen LogP contribution in [0.25, 0.3) is 0 Å². The van der Waals surface area contributed by atoms with E-state index in [9.17, 15) is 15.0 Å². The van der Waals surface area contributed by atoms with Gasteiger partial charge in [-0.25, -0.2) is 4.79 Å². The smallest absolute Gasteiger partial charge is 0.334 e. The molecule has 1 aliphatic heterocycles. The third kappa shape index (κ3) is 3.24. The Bertz CT molecular complexity index is 466. The SMILES string of the molecule is CC(C)(C)[Si](C)(C)OCC1CCC2C(C(=O)O)=COC(O)[C@H]12. The van der Waals surface area contributed by atoms with E-state index in [1.165, 1.54) is 6.26 Å². The van der Waals surface area contributed by atoms with E-state index in [0.29, 0.717) is 6.61 Å². The van der Waals surface area contributed by atoms with Crippen LogP contribution in [0.5, 0.6) is 0 Å². The highest BCUT2D eigenvalue weighted by Crippen LogP contribution is 2.47. The number of ether oxygens (including phenoxy) is 1. The fourth-order valence-corrected chi connectivity index (χ4v) is 4.22. The van der Waals surface area contributed by atoms with Gasteiger partial charge in [0.05, 0.1) is 11.8 Å². The molecule has 3 unspecified atom stereocenters. The molecule has 0 saturated heterocycles. The van der Waals surface area contributed by atoms with E-state index in [-0.39, 0.29) is 28.4 Å². The second kappa shape index (κ2) is 5.98. The van der Waals surface area contributed by atoms with Gasteiger partial charge in [0.2, 0.25) is 0 Å². The zero-order valence-electron chi connectivity index (χ0n) is 14.1. The Morgan fingerprint density at radius 3 is 2.59 bits per heavy atom. The predicted molar refractivity (Wildman–Crippen MR) is 85.7 cm³/mol. The summed E-state index contributed by atoms with van der Waals surface area (Å²) in [5.41, 5.74) is 0.283. The summed E-state index contributed by atoms with van der Waals surface area (Å²) < 4.78 is 11.4. The first kappa shape index (κ1) is 17.5. The Labute approximate surface area is 133 Å². The highest BCUT2D eigenvalue weighted by molar-refractivity contribution is 6.74. The lowest BCUT2D eigenvalue weighted by molar-refractivity contribution is -0.143. The molecule has 5 nitrogen and oxygen atoms in total. The average molecular weight is 328 g/mol. The van der Waals surface area contributed by atoms with Crippen molar-refractivity contribution in [1.82, 2.24) is 0 Å². The minimum absolute atomic E-state index is 0.130. The van der Waals surface area contributed by atoms with Gasteiger partial charge in [-0.15, -0.1) is 0 Å². The molecule has 0 amide bonds. The van der Waals surface area contributed by atoms with Crippen LogP contribution in [-0.2, 0) is 14.0 Å². The molecule has 126 valence electrons. The van der Waals surface area contributed by atoms with E-state index in [1.54, 1.807) is 0 Å². The lowest BCUT2D eigenvalue weighted by atomic mass is 9.83. The summed E-state index contributed by atoms with van der Waals surface area (Å²) in [4.78, 5) is 11.3. The quantitative estimate of drug-likeness (QED) is 0.776. The van der Waals surface area contributed by atoms with Crippen LogP contribution in [-0.4, -0.2) is 37.4 Å². The number of aliphatic carboxylic acids is 1. The number of rotatable bonds is 4. The maximum absolute atomic E-state index is 11.3. The van der Waals surface area contributed by atoms with Gasteiger partial charge in [-0.2, -0.15) is 0 Å². The summed E-state index contributed by atoms with van der Waals surface area (Å²) in [7, 11) is -1.84. The molecule has 0 aromatic carbocycles. The summed E-state index contributed by atoms with van der Waals surface area (Å²) in [6, 6.07) is 0. The van der Waals surface area contributed by atoms with Crippen LogP contribution in [0, 0.1) is 17.8 Å². The van der Waals surface area contributed by atoms with Crippen LogP contribution >= 0.6 is 0 Å². The van der Waals surface area contributed by atoms with Crippen molar-refractivity contribution < 1.29 is 24.2 Å². The number of hydrogen-bond acceptors (Lipinski definition) is 4. The Kier molecular flexibility index (Phi) is 4.76. The molecule has 1 heterocycles. The van der Waals surface area contributed by atoms with Crippen molar-refractivity contribution in [2.24, 2.45) is 17.8 Å². The third-order valence-electron chi connectivity index (χ3n) is 5.63. The van der Waals surface area contributed by atoms with Gasteiger partial charge in [0.15, 0.2) is 14.6 Å². The van der Waals surface area contributed by atoms with E-state index in [4.69, 9.17) is 9.16 Å². The Balaban J connectivity index is 2.06. The molecule has 1 saturated carbocycles. The first-order valence-corrected chi connectivity index (χ1v) is 10.9. The second-order valence-corrected chi connectivity index (χ2v) is 12.8. The molecule has 0 spiro atoms. The molecule has 1 fully saturated rings. The van der Waals surface area contributed by atoms with Crippen molar-refractivity contribution in [1.29, 1.82) is 0 Å². The van der Waals surface area contributed by atoms with Crippen molar-refractivity contribution in [2.75, 3.05) is 6.61 Å². The van der Waals surface area contributed by atoms with Gasteiger partial charge < -0.3 is 19.4 Å². The fraction of sp³-hybridized carbons (Fsp3) is 0.812. The lowest BCUT2D eigenvalue weighted by Crippen LogP contribution is -2.44. The lowest BCUT2D eigenvalue weighted by Gasteiger charge is -2.38.